The van der Waals surface area contributed by atoms with Crippen molar-refractivity contribution in [1.29, 1.82) is 0 Å². The summed E-state index contributed by atoms with van der Waals surface area (Å²) in [5.41, 5.74) is 1.67. The van der Waals surface area contributed by atoms with Crippen molar-refractivity contribution in [1.82, 2.24) is 9.88 Å². The first-order valence-electron chi connectivity index (χ1n) is 9.65. The summed E-state index contributed by atoms with van der Waals surface area (Å²) in [5, 5.41) is 2.95. The van der Waals surface area contributed by atoms with Gasteiger partial charge in [-0.25, -0.2) is 0 Å². The number of benzene rings is 1. The Kier molecular flexibility index (Phi) is 6.19. The van der Waals surface area contributed by atoms with Crippen LogP contribution in [-0.2, 0) is 15.3 Å². The van der Waals surface area contributed by atoms with Crippen LogP contribution < -0.4 is 14.8 Å². The molecule has 0 aliphatic carbocycles. The van der Waals surface area contributed by atoms with E-state index < -0.39 is 0 Å². The van der Waals surface area contributed by atoms with E-state index in [0.717, 1.165) is 11.4 Å². The molecule has 1 N–H and O–H groups in total. The highest BCUT2D eigenvalue weighted by molar-refractivity contribution is 7.99. The van der Waals surface area contributed by atoms with Crippen LogP contribution in [0.15, 0.2) is 42.6 Å². The largest absolute Gasteiger partial charge is 0.454 e. The summed E-state index contributed by atoms with van der Waals surface area (Å²) in [6.07, 6.45) is 3.11. The number of thioether (sulfide) groups is 1. The number of rotatable bonds is 6. The van der Waals surface area contributed by atoms with Crippen LogP contribution in [0.25, 0.3) is 0 Å². The second kappa shape index (κ2) is 9.17. The standard InChI is InChI=1S/C21H23N3O4S/c25-20(13-29-12-17-3-1-2-8-22-17)24-9-6-15(7-10-24)21(26)23-16-4-5-18-19(11-16)28-14-27-18/h1-5,8,11,15H,6-7,9-10,12-14H2,(H,23,26). The molecule has 1 saturated heterocycles. The summed E-state index contributed by atoms with van der Waals surface area (Å²) < 4.78 is 10.6. The molecule has 8 heteroatoms. The molecule has 7 nitrogen and oxygen atoms in total. The van der Waals surface area contributed by atoms with E-state index in [2.05, 4.69) is 10.3 Å². The molecule has 2 aromatic rings. The SMILES string of the molecule is O=C(Nc1ccc2c(c1)OCO2)C1CCN(C(=O)CSCc2ccccn2)CC1. The number of hydrogen-bond donors (Lipinski definition) is 1. The number of amides is 2. The van der Waals surface area contributed by atoms with E-state index >= 15 is 0 Å². The molecule has 3 heterocycles. The van der Waals surface area contributed by atoms with Gasteiger partial charge in [0.25, 0.3) is 0 Å². The first-order valence-corrected chi connectivity index (χ1v) is 10.8. The highest BCUT2D eigenvalue weighted by Crippen LogP contribution is 2.34. The van der Waals surface area contributed by atoms with Gasteiger partial charge < -0.3 is 19.7 Å². The number of nitrogens with one attached hydrogen (secondary N) is 1. The number of piperidine rings is 1. The number of anilines is 1. The second-order valence-electron chi connectivity index (χ2n) is 7.03. The monoisotopic (exact) mass is 413 g/mol. The van der Waals surface area contributed by atoms with Crippen LogP contribution in [0.1, 0.15) is 18.5 Å². The van der Waals surface area contributed by atoms with E-state index in [1.165, 1.54) is 0 Å². The van der Waals surface area contributed by atoms with Gasteiger partial charge in [0.1, 0.15) is 0 Å². The Bertz CT molecular complexity index is 869. The average molecular weight is 413 g/mol. The van der Waals surface area contributed by atoms with E-state index in [-0.39, 0.29) is 24.5 Å². The van der Waals surface area contributed by atoms with Gasteiger partial charge in [0, 0.05) is 42.7 Å². The van der Waals surface area contributed by atoms with Crippen LogP contribution in [0.5, 0.6) is 11.5 Å². The zero-order valence-electron chi connectivity index (χ0n) is 16.0. The van der Waals surface area contributed by atoms with Gasteiger partial charge in [-0.15, -0.1) is 11.8 Å². The smallest absolute Gasteiger partial charge is 0.232 e. The number of carbonyl (C=O) groups is 2. The molecule has 2 amide bonds. The van der Waals surface area contributed by atoms with E-state index in [1.807, 2.05) is 29.2 Å². The topological polar surface area (TPSA) is 80.8 Å². The van der Waals surface area contributed by atoms with Crippen LogP contribution in [0.2, 0.25) is 0 Å². The molecule has 4 rings (SSSR count). The van der Waals surface area contributed by atoms with E-state index in [4.69, 9.17) is 9.47 Å². The minimum Gasteiger partial charge on any atom is -0.454 e. The van der Waals surface area contributed by atoms with Crippen molar-refractivity contribution in [3.8, 4) is 11.5 Å². The lowest BCUT2D eigenvalue weighted by molar-refractivity contribution is -0.132. The molecule has 29 heavy (non-hydrogen) atoms. The summed E-state index contributed by atoms with van der Waals surface area (Å²) in [5.74, 6) is 2.51. The highest BCUT2D eigenvalue weighted by Gasteiger charge is 2.27. The van der Waals surface area contributed by atoms with Crippen molar-refractivity contribution >= 4 is 29.3 Å². The number of carbonyl (C=O) groups excluding carboxylic acids is 2. The van der Waals surface area contributed by atoms with E-state index in [0.29, 0.717) is 48.9 Å². The predicted molar refractivity (Wildman–Crippen MR) is 111 cm³/mol. The molecular formula is C21H23N3O4S. The second-order valence-corrected chi connectivity index (χ2v) is 8.01. The molecule has 1 aromatic carbocycles. The molecule has 1 fully saturated rings. The molecule has 0 atom stereocenters. The van der Waals surface area contributed by atoms with Gasteiger partial charge in [0.15, 0.2) is 11.5 Å². The Morgan fingerprint density at radius 1 is 1.14 bits per heavy atom. The van der Waals surface area contributed by atoms with Crippen molar-refractivity contribution in [3.05, 3.63) is 48.3 Å². The van der Waals surface area contributed by atoms with Crippen molar-refractivity contribution in [2.24, 2.45) is 5.92 Å². The maximum absolute atomic E-state index is 12.6. The summed E-state index contributed by atoms with van der Waals surface area (Å²) in [6.45, 7) is 1.43. The number of likely N-dealkylation sites (tertiary alicyclic amines) is 1. The first kappa shape index (κ1) is 19.6. The van der Waals surface area contributed by atoms with Crippen molar-refractivity contribution in [3.63, 3.8) is 0 Å². The maximum Gasteiger partial charge on any atom is 0.232 e. The number of hydrogen-bond acceptors (Lipinski definition) is 6. The highest BCUT2D eigenvalue weighted by atomic mass is 32.2. The lowest BCUT2D eigenvalue weighted by Crippen LogP contribution is -2.42. The van der Waals surface area contributed by atoms with Gasteiger partial charge in [-0.1, -0.05) is 6.07 Å². The Hall–Kier alpha value is -2.74. The molecule has 0 spiro atoms. The van der Waals surface area contributed by atoms with Crippen LogP contribution in [0.3, 0.4) is 0 Å². The molecule has 0 radical (unpaired) electrons. The summed E-state index contributed by atoms with van der Waals surface area (Å²) in [7, 11) is 0. The molecule has 0 unspecified atom stereocenters. The Morgan fingerprint density at radius 2 is 1.97 bits per heavy atom. The third-order valence-corrected chi connectivity index (χ3v) is 6.01. The maximum atomic E-state index is 12.6. The Balaban J connectivity index is 1.20. The first-order chi connectivity index (χ1) is 14.2. The number of nitrogens with zero attached hydrogens (tertiary/aromatic N) is 2. The molecule has 2 aliphatic rings. The number of pyridine rings is 1. The fourth-order valence-electron chi connectivity index (χ4n) is 3.43. The fraction of sp³-hybridized carbons (Fsp3) is 0.381. The quantitative estimate of drug-likeness (QED) is 0.784. The van der Waals surface area contributed by atoms with Crippen molar-refractivity contribution < 1.29 is 19.1 Å². The summed E-state index contributed by atoms with van der Waals surface area (Å²) in [6, 6.07) is 11.2. The molecule has 0 bridgehead atoms. The third kappa shape index (κ3) is 5.00. The lowest BCUT2D eigenvalue weighted by Gasteiger charge is -2.31. The van der Waals surface area contributed by atoms with E-state index in [1.54, 1.807) is 30.1 Å². The van der Waals surface area contributed by atoms with Crippen LogP contribution in [0.4, 0.5) is 5.69 Å². The van der Waals surface area contributed by atoms with Gasteiger partial charge in [0.05, 0.1) is 11.4 Å². The lowest BCUT2D eigenvalue weighted by atomic mass is 9.96. The molecule has 152 valence electrons. The van der Waals surface area contributed by atoms with E-state index in [9.17, 15) is 9.59 Å². The van der Waals surface area contributed by atoms with Crippen LogP contribution in [-0.4, -0.2) is 47.3 Å². The van der Waals surface area contributed by atoms with Crippen molar-refractivity contribution in [2.75, 3.05) is 31.0 Å². The van der Waals surface area contributed by atoms with Gasteiger partial charge in [-0.3, -0.25) is 14.6 Å². The zero-order valence-corrected chi connectivity index (χ0v) is 16.8. The number of fused-ring (bicyclic) bond motifs is 1. The molecule has 2 aliphatic heterocycles. The molecule has 1 aromatic heterocycles. The summed E-state index contributed by atoms with van der Waals surface area (Å²) in [4.78, 5) is 31.1. The van der Waals surface area contributed by atoms with Crippen LogP contribution in [0, 0.1) is 5.92 Å². The van der Waals surface area contributed by atoms with Gasteiger partial charge in [-0.05, 0) is 37.1 Å². The number of aromatic nitrogens is 1. The van der Waals surface area contributed by atoms with Gasteiger partial charge >= 0.3 is 0 Å². The Morgan fingerprint density at radius 3 is 2.76 bits per heavy atom. The minimum atomic E-state index is -0.0920. The fourth-order valence-corrected chi connectivity index (χ4v) is 4.27. The zero-order chi connectivity index (χ0) is 20.1. The number of ether oxygens (including phenoxy) is 2. The van der Waals surface area contributed by atoms with Gasteiger partial charge in [-0.2, -0.15) is 0 Å². The van der Waals surface area contributed by atoms with Gasteiger partial charge in [0.2, 0.25) is 18.6 Å². The average Bonchev–Trinajstić information content (AvgIpc) is 3.22. The molecule has 0 saturated carbocycles. The molecular weight excluding hydrogens is 390 g/mol. The Labute approximate surface area is 173 Å². The predicted octanol–water partition coefficient (Wildman–Crippen LogP) is 2.92. The summed E-state index contributed by atoms with van der Waals surface area (Å²) >= 11 is 1.57. The van der Waals surface area contributed by atoms with Crippen LogP contribution >= 0.6 is 11.8 Å². The third-order valence-electron chi connectivity index (χ3n) is 5.06. The van der Waals surface area contributed by atoms with Crippen molar-refractivity contribution in [2.45, 2.75) is 18.6 Å². The normalized spacial score (nSPS) is 15.9. The minimum absolute atomic E-state index is 0.0134.